The van der Waals surface area contributed by atoms with Crippen molar-refractivity contribution in [2.24, 2.45) is 5.92 Å². The van der Waals surface area contributed by atoms with E-state index in [0.29, 0.717) is 12.7 Å². The highest BCUT2D eigenvalue weighted by Crippen LogP contribution is 2.27. The summed E-state index contributed by atoms with van der Waals surface area (Å²) in [5, 5.41) is 0. The van der Waals surface area contributed by atoms with Crippen LogP contribution in [0.3, 0.4) is 0 Å². The van der Waals surface area contributed by atoms with Crippen molar-refractivity contribution in [2.45, 2.75) is 71.3 Å². The lowest BCUT2D eigenvalue weighted by Gasteiger charge is -2.27. The first-order chi connectivity index (χ1) is 8.77. The number of carbonyl (C=O) groups excluding carboxylic acids is 1. The van der Waals surface area contributed by atoms with Gasteiger partial charge in [-0.25, -0.2) is 0 Å². The Labute approximate surface area is 111 Å². The van der Waals surface area contributed by atoms with E-state index in [9.17, 15) is 4.79 Å². The van der Waals surface area contributed by atoms with Crippen molar-refractivity contribution in [3.63, 3.8) is 0 Å². The molecule has 0 N–H and O–H groups in total. The minimum absolute atomic E-state index is 0.00968. The van der Waals surface area contributed by atoms with Crippen LogP contribution in [0.25, 0.3) is 0 Å². The number of unbranched alkanes of at least 4 members (excludes halogenated alkanes) is 2. The van der Waals surface area contributed by atoms with Crippen molar-refractivity contribution in [1.29, 1.82) is 0 Å². The molecule has 0 aliphatic heterocycles. The SMILES string of the molecule is CCCCOC(=O)C1CCC(OCCCC)CC1. The molecule has 1 saturated carbocycles. The molecule has 0 radical (unpaired) electrons. The van der Waals surface area contributed by atoms with Gasteiger partial charge in [0.25, 0.3) is 0 Å². The molecular weight excluding hydrogens is 228 g/mol. The largest absolute Gasteiger partial charge is 0.465 e. The molecule has 3 heteroatoms. The molecule has 0 aromatic carbocycles. The molecule has 0 bridgehead atoms. The van der Waals surface area contributed by atoms with Gasteiger partial charge in [0.2, 0.25) is 0 Å². The maximum atomic E-state index is 11.8. The fourth-order valence-electron chi connectivity index (χ4n) is 2.29. The van der Waals surface area contributed by atoms with Crippen LogP contribution in [0, 0.1) is 5.92 Å². The lowest BCUT2D eigenvalue weighted by molar-refractivity contribution is -0.150. The highest BCUT2D eigenvalue weighted by atomic mass is 16.5. The first kappa shape index (κ1) is 15.5. The number of ether oxygens (including phenoxy) is 2. The van der Waals surface area contributed by atoms with Crippen LogP contribution in [0.1, 0.15) is 65.2 Å². The number of hydrogen-bond donors (Lipinski definition) is 0. The van der Waals surface area contributed by atoms with E-state index in [1.54, 1.807) is 0 Å². The molecule has 0 aromatic rings. The monoisotopic (exact) mass is 256 g/mol. The molecule has 0 amide bonds. The quantitative estimate of drug-likeness (QED) is 0.490. The lowest BCUT2D eigenvalue weighted by Crippen LogP contribution is -2.27. The maximum Gasteiger partial charge on any atom is 0.308 e. The standard InChI is InChI=1S/C15H28O3/c1-3-5-11-17-14-9-7-13(8-10-14)15(16)18-12-6-4-2/h13-14H,3-12H2,1-2H3. The van der Waals surface area contributed by atoms with Crippen LogP contribution in [-0.4, -0.2) is 25.3 Å². The van der Waals surface area contributed by atoms with Crippen molar-refractivity contribution in [1.82, 2.24) is 0 Å². The fourth-order valence-corrected chi connectivity index (χ4v) is 2.29. The number of carbonyl (C=O) groups is 1. The molecule has 0 atom stereocenters. The van der Waals surface area contributed by atoms with Gasteiger partial charge in [0.1, 0.15) is 0 Å². The fraction of sp³-hybridized carbons (Fsp3) is 0.933. The third-order valence-electron chi connectivity index (χ3n) is 3.60. The number of rotatable bonds is 8. The third-order valence-corrected chi connectivity index (χ3v) is 3.60. The van der Waals surface area contributed by atoms with Gasteiger partial charge < -0.3 is 9.47 Å². The molecule has 1 aliphatic carbocycles. The Morgan fingerprint density at radius 2 is 1.61 bits per heavy atom. The van der Waals surface area contributed by atoms with Crippen LogP contribution in [0.15, 0.2) is 0 Å². The van der Waals surface area contributed by atoms with Crippen molar-refractivity contribution >= 4 is 5.97 Å². The maximum absolute atomic E-state index is 11.8. The normalized spacial score (nSPS) is 23.9. The van der Waals surface area contributed by atoms with Gasteiger partial charge >= 0.3 is 5.97 Å². The molecule has 3 nitrogen and oxygen atoms in total. The summed E-state index contributed by atoms with van der Waals surface area (Å²) in [5.41, 5.74) is 0. The summed E-state index contributed by atoms with van der Waals surface area (Å²) in [6.07, 6.45) is 8.62. The zero-order chi connectivity index (χ0) is 13.2. The van der Waals surface area contributed by atoms with E-state index in [4.69, 9.17) is 9.47 Å². The minimum Gasteiger partial charge on any atom is -0.465 e. The molecule has 1 rings (SSSR count). The number of hydrogen-bond acceptors (Lipinski definition) is 3. The Bertz CT molecular complexity index is 220. The van der Waals surface area contributed by atoms with E-state index in [1.165, 1.54) is 6.42 Å². The molecule has 0 aromatic heterocycles. The van der Waals surface area contributed by atoms with Crippen molar-refractivity contribution < 1.29 is 14.3 Å². The van der Waals surface area contributed by atoms with Crippen LogP contribution < -0.4 is 0 Å². The summed E-state index contributed by atoms with van der Waals surface area (Å²) in [6.45, 7) is 5.73. The van der Waals surface area contributed by atoms with Gasteiger partial charge in [-0.2, -0.15) is 0 Å². The topological polar surface area (TPSA) is 35.5 Å². The van der Waals surface area contributed by atoms with Crippen molar-refractivity contribution in [3.8, 4) is 0 Å². The van der Waals surface area contributed by atoms with Crippen LogP contribution in [0.5, 0.6) is 0 Å². The Morgan fingerprint density at radius 3 is 2.22 bits per heavy atom. The van der Waals surface area contributed by atoms with E-state index in [1.807, 2.05) is 0 Å². The Morgan fingerprint density at radius 1 is 1.00 bits per heavy atom. The van der Waals surface area contributed by atoms with E-state index < -0.39 is 0 Å². The Balaban J connectivity index is 2.12. The third kappa shape index (κ3) is 5.85. The second-order valence-corrected chi connectivity index (χ2v) is 5.22. The molecule has 0 unspecified atom stereocenters. The van der Waals surface area contributed by atoms with Crippen molar-refractivity contribution in [3.05, 3.63) is 0 Å². The van der Waals surface area contributed by atoms with E-state index >= 15 is 0 Å². The highest BCUT2D eigenvalue weighted by Gasteiger charge is 2.27. The molecule has 106 valence electrons. The van der Waals surface area contributed by atoms with Gasteiger partial charge in [-0.3, -0.25) is 4.79 Å². The second kappa shape index (κ2) is 9.37. The van der Waals surface area contributed by atoms with E-state index in [-0.39, 0.29) is 11.9 Å². The zero-order valence-corrected chi connectivity index (χ0v) is 12.0. The van der Waals surface area contributed by atoms with Gasteiger partial charge in [-0.15, -0.1) is 0 Å². The molecule has 0 saturated heterocycles. The predicted molar refractivity (Wildman–Crippen MR) is 72.5 cm³/mol. The van der Waals surface area contributed by atoms with Crippen LogP contribution in [0.4, 0.5) is 0 Å². The van der Waals surface area contributed by atoms with Gasteiger partial charge in [-0.05, 0) is 38.5 Å². The highest BCUT2D eigenvalue weighted by molar-refractivity contribution is 5.72. The molecule has 0 spiro atoms. The first-order valence-electron chi connectivity index (χ1n) is 7.56. The number of esters is 1. The zero-order valence-electron chi connectivity index (χ0n) is 12.0. The van der Waals surface area contributed by atoms with Gasteiger partial charge in [0, 0.05) is 6.61 Å². The molecular formula is C15H28O3. The smallest absolute Gasteiger partial charge is 0.308 e. The van der Waals surface area contributed by atoms with Crippen LogP contribution in [-0.2, 0) is 14.3 Å². The van der Waals surface area contributed by atoms with Crippen LogP contribution in [0.2, 0.25) is 0 Å². The van der Waals surface area contributed by atoms with Crippen molar-refractivity contribution in [2.75, 3.05) is 13.2 Å². The van der Waals surface area contributed by atoms with Crippen LogP contribution >= 0.6 is 0 Å². The summed E-state index contributed by atoms with van der Waals surface area (Å²) in [4.78, 5) is 11.8. The molecule has 0 heterocycles. The average Bonchev–Trinajstić information content (AvgIpc) is 2.40. The molecule has 1 fully saturated rings. The summed E-state index contributed by atoms with van der Waals surface area (Å²) >= 11 is 0. The summed E-state index contributed by atoms with van der Waals surface area (Å²) in [7, 11) is 0. The van der Waals surface area contributed by atoms with E-state index in [2.05, 4.69) is 13.8 Å². The lowest BCUT2D eigenvalue weighted by atomic mass is 9.87. The second-order valence-electron chi connectivity index (χ2n) is 5.22. The molecule has 1 aliphatic rings. The predicted octanol–water partition coefficient (Wildman–Crippen LogP) is 3.71. The minimum atomic E-state index is 0.00968. The van der Waals surface area contributed by atoms with Gasteiger partial charge in [0.15, 0.2) is 0 Å². The Kier molecular flexibility index (Phi) is 8.06. The summed E-state index contributed by atoms with van der Waals surface area (Å²) in [6, 6.07) is 0. The van der Waals surface area contributed by atoms with E-state index in [0.717, 1.165) is 51.6 Å². The summed E-state index contributed by atoms with van der Waals surface area (Å²) in [5.74, 6) is 0.128. The summed E-state index contributed by atoms with van der Waals surface area (Å²) < 4.78 is 11.1. The first-order valence-corrected chi connectivity index (χ1v) is 7.56. The van der Waals surface area contributed by atoms with Gasteiger partial charge in [0.05, 0.1) is 18.6 Å². The average molecular weight is 256 g/mol. The molecule has 18 heavy (non-hydrogen) atoms. The van der Waals surface area contributed by atoms with Gasteiger partial charge in [-0.1, -0.05) is 26.7 Å². The Hall–Kier alpha value is -0.570.